The number of hydrogen-bond donors (Lipinski definition) is 2. The fourth-order valence-electron chi connectivity index (χ4n) is 2.25. The number of amides is 1. The van der Waals surface area contributed by atoms with Crippen LogP contribution in [0.4, 0.5) is 0 Å². The number of rotatable bonds is 5. The van der Waals surface area contributed by atoms with Crippen LogP contribution < -0.4 is 11.1 Å². The second-order valence-electron chi connectivity index (χ2n) is 6.43. The fourth-order valence-corrected chi connectivity index (χ4v) is 2.59. The molecule has 3 N–H and O–H groups in total. The quantitative estimate of drug-likeness (QED) is 0.818. The predicted molar refractivity (Wildman–Crippen MR) is 92.7 cm³/mol. The number of carbonyl (C=O) groups is 1. The van der Waals surface area contributed by atoms with Crippen molar-refractivity contribution in [2.45, 2.75) is 58.4 Å². The van der Waals surface area contributed by atoms with Crippen molar-refractivity contribution >= 4 is 23.1 Å². The molecule has 0 saturated carbocycles. The molecule has 116 valence electrons. The van der Waals surface area contributed by atoms with Crippen molar-refractivity contribution in [3.05, 3.63) is 35.4 Å². The number of carbonyl (C=O) groups excluding carboxylic acids is 1. The second-order valence-corrected chi connectivity index (χ2v) is 6.87. The molecule has 0 heterocycles. The molecule has 1 amide bonds. The predicted octanol–water partition coefficient (Wildman–Crippen LogP) is 3.56. The summed E-state index contributed by atoms with van der Waals surface area (Å²) in [5, 5.41) is 3.00. The van der Waals surface area contributed by atoms with Crippen molar-refractivity contribution in [3.8, 4) is 0 Å². The molecule has 0 bridgehead atoms. The summed E-state index contributed by atoms with van der Waals surface area (Å²) in [7, 11) is 0. The Bertz CT molecular complexity index is 511. The summed E-state index contributed by atoms with van der Waals surface area (Å²) in [6.07, 6.45) is 1.37. The Morgan fingerprint density at radius 2 is 1.62 bits per heavy atom. The van der Waals surface area contributed by atoms with Crippen LogP contribution >= 0.6 is 12.2 Å². The lowest BCUT2D eigenvalue weighted by Crippen LogP contribution is -2.55. The molecule has 0 radical (unpaired) electrons. The number of hydrogen-bond acceptors (Lipinski definition) is 2. The molecule has 21 heavy (non-hydrogen) atoms. The molecule has 1 aromatic carbocycles. The smallest absolute Gasteiger partial charge is 0.252 e. The minimum atomic E-state index is -0.602. The van der Waals surface area contributed by atoms with E-state index < -0.39 is 5.54 Å². The van der Waals surface area contributed by atoms with Gasteiger partial charge in [-0.2, -0.15) is 0 Å². The Labute approximate surface area is 133 Å². The first-order chi connectivity index (χ1) is 9.66. The van der Waals surface area contributed by atoms with Gasteiger partial charge in [-0.15, -0.1) is 0 Å². The summed E-state index contributed by atoms with van der Waals surface area (Å²) in [4.78, 5) is 12.8. The van der Waals surface area contributed by atoms with E-state index in [4.69, 9.17) is 18.0 Å². The number of nitrogens with one attached hydrogen (secondary N) is 1. The average Bonchev–Trinajstić information content (AvgIpc) is 2.43. The Hall–Kier alpha value is -1.42. The summed E-state index contributed by atoms with van der Waals surface area (Å²) in [5.74, 6) is -0.132. The third-order valence-electron chi connectivity index (χ3n) is 4.04. The van der Waals surface area contributed by atoms with Crippen LogP contribution in [0.15, 0.2) is 24.3 Å². The molecule has 4 heteroatoms. The van der Waals surface area contributed by atoms with Crippen LogP contribution in [-0.4, -0.2) is 16.4 Å². The highest BCUT2D eigenvalue weighted by molar-refractivity contribution is 7.80. The summed E-state index contributed by atoms with van der Waals surface area (Å²) in [5.41, 5.74) is 7.12. The molecule has 3 nitrogen and oxygen atoms in total. The molecule has 0 aromatic heterocycles. The van der Waals surface area contributed by atoms with Gasteiger partial charge in [0.15, 0.2) is 0 Å². The van der Waals surface area contributed by atoms with E-state index >= 15 is 0 Å². The second kappa shape index (κ2) is 6.56. The molecule has 0 unspecified atom stereocenters. The molecule has 0 aliphatic carbocycles. The normalized spacial score (nSPS) is 12.0. The summed E-state index contributed by atoms with van der Waals surface area (Å²) >= 11 is 5.13. The van der Waals surface area contributed by atoms with Gasteiger partial charge in [0.2, 0.25) is 0 Å². The van der Waals surface area contributed by atoms with Gasteiger partial charge in [-0.25, -0.2) is 0 Å². The summed E-state index contributed by atoms with van der Waals surface area (Å²) < 4.78 is 0. The zero-order valence-corrected chi connectivity index (χ0v) is 14.4. The number of nitrogens with two attached hydrogens (primary N) is 1. The SMILES string of the molecule is CCC(CC)(NC(=O)c1ccc(C(C)(C)C)cc1)C(N)=S. The molecule has 0 fully saturated rings. The fraction of sp³-hybridized carbons (Fsp3) is 0.529. The summed E-state index contributed by atoms with van der Waals surface area (Å²) in [6, 6.07) is 7.70. The Morgan fingerprint density at radius 3 is 1.95 bits per heavy atom. The van der Waals surface area contributed by atoms with Crippen LogP contribution in [-0.2, 0) is 5.41 Å². The van der Waals surface area contributed by atoms with E-state index in [9.17, 15) is 4.79 Å². The van der Waals surface area contributed by atoms with Crippen LogP contribution in [0, 0.1) is 0 Å². The highest BCUT2D eigenvalue weighted by Crippen LogP contribution is 2.23. The van der Waals surface area contributed by atoms with Gasteiger partial charge >= 0.3 is 0 Å². The molecule has 0 aliphatic rings. The molecular weight excluding hydrogens is 280 g/mol. The average molecular weight is 306 g/mol. The highest BCUT2D eigenvalue weighted by Gasteiger charge is 2.31. The van der Waals surface area contributed by atoms with E-state index in [-0.39, 0.29) is 11.3 Å². The monoisotopic (exact) mass is 306 g/mol. The Balaban J connectivity index is 2.96. The standard InChI is InChI=1S/C17H26N2OS/c1-6-17(7-2,15(18)21)19-14(20)12-8-10-13(11-9-12)16(3,4)5/h8-11H,6-7H2,1-5H3,(H2,18,21)(H,19,20). The Morgan fingerprint density at radius 1 is 1.14 bits per heavy atom. The highest BCUT2D eigenvalue weighted by atomic mass is 32.1. The van der Waals surface area contributed by atoms with Gasteiger partial charge in [0.1, 0.15) is 0 Å². The van der Waals surface area contributed by atoms with E-state index in [1.165, 1.54) is 5.56 Å². The molecule has 0 spiro atoms. The number of benzene rings is 1. The summed E-state index contributed by atoms with van der Waals surface area (Å²) in [6.45, 7) is 10.4. The van der Waals surface area contributed by atoms with Crippen LogP contribution in [0.5, 0.6) is 0 Å². The molecule has 0 saturated heterocycles. The lowest BCUT2D eigenvalue weighted by Gasteiger charge is -2.31. The third-order valence-corrected chi connectivity index (χ3v) is 4.44. The van der Waals surface area contributed by atoms with Crippen molar-refractivity contribution in [1.29, 1.82) is 0 Å². The topological polar surface area (TPSA) is 55.1 Å². The van der Waals surface area contributed by atoms with Gasteiger partial charge in [-0.05, 0) is 36.0 Å². The largest absolute Gasteiger partial charge is 0.391 e. The van der Waals surface area contributed by atoms with Crippen molar-refractivity contribution < 1.29 is 4.79 Å². The maximum absolute atomic E-state index is 12.4. The number of thiocarbonyl (C=S) groups is 1. The van der Waals surface area contributed by atoms with Gasteiger partial charge in [-0.1, -0.05) is 59.0 Å². The maximum Gasteiger partial charge on any atom is 0.252 e. The van der Waals surface area contributed by atoms with Gasteiger partial charge in [0.05, 0.1) is 10.5 Å². The molecule has 1 aromatic rings. The van der Waals surface area contributed by atoms with Gasteiger partial charge in [0.25, 0.3) is 5.91 Å². The van der Waals surface area contributed by atoms with Crippen molar-refractivity contribution in [2.75, 3.05) is 0 Å². The van der Waals surface area contributed by atoms with Crippen molar-refractivity contribution in [3.63, 3.8) is 0 Å². The molecule has 0 aliphatic heterocycles. The van der Waals surface area contributed by atoms with E-state index in [0.717, 1.165) is 0 Å². The first kappa shape index (κ1) is 17.6. The van der Waals surface area contributed by atoms with E-state index in [1.54, 1.807) is 0 Å². The lowest BCUT2D eigenvalue weighted by molar-refractivity contribution is 0.0920. The third kappa shape index (κ3) is 4.03. The zero-order chi connectivity index (χ0) is 16.3. The van der Waals surface area contributed by atoms with E-state index in [2.05, 4.69) is 26.1 Å². The van der Waals surface area contributed by atoms with Gasteiger partial charge in [0, 0.05) is 5.56 Å². The molecule has 0 atom stereocenters. The first-order valence-electron chi connectivity index (χ1n) is 7.39. The Kier molecular flexibility index (Phi) is 5.51. The van der Waals surface area contributed by atoms with Crippen molar-refractivity contribution in [2.24, 2.45) is 5.73 Å². The van der Waals surface area contributed by atoms with Crippen molar-refractivity contribution in [1.82, 2.24) is 5.32 Å². The van der Waals surface area contributed by atoms with Crippen LogP contribution in [0.3, 0.4) is 0 Å². The zero-order valence-electron chi connectivity index (χ0n) is 13.6. The maximum atomic E-state index is 12.4. The minimum Gasteiger partial charge on any atom is -0.391 e. The van der Waals surface area contributed by atoms with E-state index in [0.29, 0.717) is 23.4 Å². The van der Waals surface area contributed by atoms with Crippen LogP contribution in [0.2, 0.25) is 0 Å². The van der Waals surface area contributed by atoms with Crippen LogP contribution in [0.1, 0.15) is 63.4 Å². The van der Waals surface area contributed by atoms with Gasteiger partial charge < -0.3 is 11.1 Å². The lowest BCUT2D eigenvalue weighted by atomic mass is 9.86. The van der Waals surface area contributed by atoms with E-state index in [1.807, 2.05) is 38.1 Å². The molecule has 1 rings (SSSR count). The minimum absolute atomic E-state index is 0.0738. The first-order valence-corrected chi connectivity index (χ1v) is 7.80. The molecular formula is C17H26N2OS. The van der Waals surface area contributed by atoms with Gasteiger partial charge in [-0.3, -0.25) is 4.79 Å². The van der Waals surface area contributed by atoms with Crippen LogP contribution in [0.25, 0.3) is 0 Å².